The average molecular weight is 421 g/mol. The van der Waals surface area contributed by atoms with E-state index in [4.69, 9.17) is 5.73 Å². The van der Waals surface area contributed by atoms with E-state index in [1.807, 2.05) is 0 Å². The highest BCUT2D eigenvalue weighted by Crippen LogP contribution is 1.98. The Balaban J connectivity index is 0.000000153. The zero-order valence-corrected chi connectivity index (χ0v) is 16.0. The van der Waals surface area contributed by atoms with Crippen molar-refractivity contribution in [2.75, 3.05) is 5.73 Å². The van der Waals surface area contributed by atoms with Crippen LogP contribution >= 0.6 is 24.4 Å². The van der Waals surface area contributed by atoms with E-state index in [-0.39, 0.29) is 22.6 Å². The third-order valence-electron chi connectivity index (χ3n) is 3.01. The van der Waals surface area contributed by atoms with Gasteiger partial charge in [-0.05, 0) is 31.4 Å². The number of nitrogens with two attached hydrogens (primary N) is 1. The van der Waals surface area contributed by atoms with E-state index in [2.05, 4.69) is 64.3 Å². The first-order valence-corrected chi connectivity index (χ1v) is 8.33. The van der Waals surface area contributed by atoms with E-state index in [0.29, 0.717) is 26.3 Å². The molecule has 4 aromatic heterocycles. The zero-order chi connectivity index (χ0) is 20.7. The number of hydrogen-bond acceptors (Lipinski definition) is 8. The molecule has 14 heteroatoms. The SMILES string of the molecule is Cc1c[nH]c(=S)[nH]c1=O.Nc1nc2nc[nH]c2c(=O)[nH]1.O=c1cc[nH]c(=S)[nH]1. The van der Waals surface area contributed by atoms with E-state index < -0.39 is 0 Å². The predicted octanol–water partition coefficient (Wildman–Crippen LogP) is 0.402. The van der Waals surface area contributed by atoms with E-state index in [1.165, 1.54) is 18.6 Å². The fourth-order valence-electron chi connectivity index (χ4n) is 1.72. The smallest absolute Gasteiger partial charge is 0.278 e. The quantitative estimate of drug-likeness (QED) is 0.198. The van der Waals surface area contributed by atoms with Crippen molar-refractivity contribution < 1.29 is 0 Å². The lowest BCUT2D eigenvalue weighted by Gasteiger charge is -1.89. The second kappa shape index (κ2) is 9.33. The number of imidazole rings is 1. The maximum atomic E-state index is 11.0. The highest BCUT2D eigenvalue weighted by molar-refractivity contribution is 7.71. The van der Waals surface area contributed by atoms with Crippen molar-refractivity contribution in [3.8, 4) is 0 Å². The minimum atomic E-state index is -0.301. The molecule has 0 aromatic carbocycles. The van der Waals surface area contributed by atoms with E-state index in [9.17, 15) is 14.4 Å². The summed E-state index contributed by atoms with van der Waals surface area (Å²) in [6.07, 6.45) is 4.48. The van der Waals surface area contributed by atoms with Crippen LogP contribution in [0.2, 0.25) is 0 Å². The van der Waals surface area contributed by atoms with Crippen LogP contribution in [0.1, 0.15) is 5.56 Å². The predicted molar refractivity (Wildman–Crippen MR) is 108 cm³/mol. The number of aromatic nitrogens is 8. The highest BCUT2D eigenvalue weighted by Gasteiger charge is 2.01. The Labute approximate surface area is 165 Å². The number of aryl methyl sites for hydroxylation is 1. The molecule has 0 aliphatic carbocycles. The molecule has 8 N–H and O–H groups in total. The normalized spacial score (nSPS) is 9.75. The lowest BCUT2D eigenvalue weighted by atomic mass is 10.4. The van der Waals surface area contributed by atoms with E-state index >= 15 is 0 Å². The van der Waals surface area contributed by atoms with Crippen molar-refractivity contribution in [1.82, 2.24) is 39.9 Å². The van der Waals surface area contributed by atoms with Crippen LogP contribution in [0.4, 0.5) is 5.95 Å². The van der Waals surface area contributed by atoms with Gasteiger partial charge >= 0.3 is 0 Å². The van der Waals surface area contributed by atoms with Crippen LogP contribution in [-0.2, 0) is 0 Å². The molecule has 0 spiro atoms. The summed E-state index contributed by atoms with van der Waals surface area (Å²) in [6, 6.07) is 1.37. The number of H-pyrrole nitrogens is 6. The minimum absolute atomic E-state index is 0.0783. The van der Waals surface area contributed by atoms with Gasteiger partial charge in [0.25, 0.3) is 16.7 Å². The maximum Gasteiger partial charge on any atom is 0.278 e. The molecule has 0 amide bonds. The summed E-state index contributed by atoms with van der Waals surface area (Å²) >= 11 is 9.24. The number of anilines is 1. The van der Waals surface area contributed by atoms with Gasteiger partial charge < -0.3 is 20.7 Å². The van der Waals surface area contributed by atoms with Gasteiger partial charge in [-0.3, -0.25) is 29.3 Å². The zero-order valence-electron chi connectivity index (χ0n) is 14.3. The Hall–Kier alpha value is -3.65. The molecule has 4 rings (SSSR count). The van der Waals surface area contributed by atoms with Crippen LogP contribution in [0, 0.1) is 16.5 Å². The Bertz CT molecular complexity index is 1330. The molecule has 28 heavy (non-hydrogen) atoms. The summed E-state index contributed by atoms with van der Waals surface area (Å²) in [4.78, 5) is 54.7. The fourth-order valence-corrected chi connectivity index (χ4v) is 2.04. The third kappa shape index (κ3) is 5.96. The Morgan fingerprint density at radius 1 is 0.964 bits per heavy atom. The Kier molecular flexibility index (Phi) is 6.89. The van der Waals surface area contributed by atoms with E-state index in [0.717, 1.165) is 0 Å². The molecule has 12 nitrogen and oxygen atoms in total. The summed E-state index contributed by atoms with van der Waals surface area (Å²) in [6.45, 7) is 1.71. The van der Waals surface area contributed by atoms with Gasteiger partial charge in [-0.25, -0.2) is 4.98 Å². The molecule has 0 radical (unpaired) electrons. The van der Waals surface area contributed by atoms with Crippen molar-refractivity contribution in [2.24, 2.45) is 0 Å². The van der Waals surface area contributed by atoms with Crippen LogP contribution in [-0.4, -0.2) is 39.9 Å². The molecule has 0 unspecified atom stereocenters. The van der Waals surface area contributed by atoms with Crippen LogP contribution in [0.3, 0.4) is 0 Å². The first-order chi connectivity index (χ1) is 13.3. The first kappa shape index (κ1) is 20.7. The molecule has 0 atom stereocenters. The maximum absolute atomic E-state index is 11.0. The summed E-state index contributed by atoms with van der Waals surface area (Å²) in [5.74, 6) is 0.0783. The summed E-state index contributed by atoms with van der Waals surface area (Å²) in [7, 11) is 0. The second-order valence-electron chi connectivity index (χ2n) is 5.10. The van der Waals surface area contributed by atoms with Gasteiger partial charge in [0.2, 0.25) is 5.95 Å². The van der Waals surface area contributed by atoms with Gasteiger partial charge in [-0.1, -0.05) is 0 Å². The number of rotatable bonds is 0. The van der Waals surface area contributed by atoms with Crippen LogP contribution in [0.25, 0.3) is 11.2 Å². The molecule has 146 valence electrons. The number of fused-ring (bicyclic) bond motifs is 1. The van der Waals surface area contributed by atoms with E-state index in [1.54, 1.807) is 13.1 Å². The molecule has 4 heterocycles. The molecule has 0 aliphatic heterocycles. The standard InChI is InChI=1S/C5H5N5O.C5H6N2OS.C4H4N2OS/c6-5-9-3-2(4(11)10-5)7-1-8-3;1-3-2-6-5(9)7-4(3)8;7-3-1-2-5-4(8)6-3/h1H,(H4,6,7,8,9,10,11);2H,1H3,(H2,6,7,8,9);1-2H,(H2,5,6,7,8). The van der Waals surface area contributed by atoms with Gasteiger partial charge in [0.05, 0.1) is 6.33 Å². The number of aromatic amines is 6. The van der Waals surface area contributed by atoms with Crippen molar-refractivity contribution >= 4 is 41.5 Å². The van der Waals surface area contributed by atoms with Crippen LogP contribution in [0.15, 0.2) is 39.2 Å². The van der Waals surface area contributed by atoms with Crippen molar-refractivity contribution in [1.29, 1.82) is 0 Å². The summed E-state index contributed by atoms with van der Waals surface area (Å²) < 4.78 is 0.725. The number of nitrogens with zero attached hydrogens (tertiary/aromatic N) is 2. The van der Waals surface area contributed by atoms with Crippen LogP contribution < -0.4 is 22.4 Å². The molecule has 4 aromatic rings. The third-order valence-corrected chi connectivity index (χ3v) is 3.45. The monoisotopic (exact) mass is 421 g/mol. The first-order valence-electron chi connectivity index (χ1n) is 7.52. The molecule has 0 saturated heterocycles. The van der Waals surface area contributed by atoms with Crippen molar-refractivity contribution in [2.45, 2.75) is 6.92 Å². The largest absolute Gasteiger partial charge is 0.369 e. The topological polar surface area (TPSA) is 198 Å². The minimum Gasteiger partial charge on any atom is -0.369 e. The van der Waals surface area contributed by atoms with Gasteiger partial charge in [0.1, 0.15) is 0 Å². The molecule has 0 bridgehead atoms. The van der Waals surface area contributed by atoms with Gasteiger partial charge in [0, 0.05) is 24.0 Å². The van der Waals surface area contributed by atoms with Crippen LogP contribution in [0.5, 0.6) is 0 Å². The van der Waals surface area contributed by atoms with Crippen molar-refractivity contribution in [3.63, 3.8) is 0 Å². The Morgan fingerprint density at radius 2 is 1.68 bits per heavy atom. The summed E-state index contributed by atoms with van der Waals surface area (Å²) in [5.41, 5.74) is 5.99. The fraction of sp³-hybridized carbons (Fsp3) is 0.0714. The van der Waals surface area contributed by atoms with Gasteiger partial charge in [-0.15, -0.1) is 0 Å². The summed E-state index contributed by atoms with van der Waals surface area (Å²) in [5, 5.41) is 0. The highest BCUT2D eigenvalue weighted by atomic mass is 32.1. The number of nitrogens with one attached hydrogen (secondary N) is 6. The molecule has 0 aliphatic rings. The molecule has 0 fully saturated rings. The molecular weight excluding hydrogens is 406 g/mol. The Morgan fingerprint density at radius 3 is 2.25 bits per heavy atom. The second-order valence-corrected chi connectivity index (χ2v) is 5.92. The van der Waals surface area contributed by atoms with Gasteiger partial charge in [-0.2, -0.15) is 4.98 Å². The molecule has 0 saturated carbocycles. The number of nitrogen functional groups attached to an aromatic ring is 1. The average Bonchev–Trinajstić information content (AvgIpc) is 3.08. The lowest BCUT2D eigenvalue weighted by molar-refractivity contribution is 1.05. The van der Waals surface area contributed by atoms with Crippen molar-refractivity contribution in [3.05, 3.63) is 71.0 Å². The molecular formula is C14H15N9O3S2. The lowest BCUT2D eigenvalue weighted by Crippen LogP contribution is -2.10. The van der Waals surface area contributed by atoms with Gasteiger partial charge in [0.15, 0.2) is 20.7 Å². The number of hydrogen-bond donors (Lipinski definition) is 7.